The molecule has 80 valence electrons. The topological polar surface area (TPSA) is 58.6 Å². The molecule has 0 bridgehead atoms. The number of carbonyl (C=O) groups is 1. The van der Waals surface area contributed by atoms with E-state index in [1.165, 1.54) is 0 Å². The van der Waals surface area contributed by atoms with E-state index in [4.69, 9.17) is 4.74 Å². The Morgan fingerprint density at radius 3 is 3.13 bits per heavy atom. The van der Waals surface area contributed by atoms with Crippen molar-refractivity contribution >= 4 is 11.6 Å². The quantitative estimate of drug-likeness (QED) is 0.771. The van der Waals surface area contributed by atoms with Crippen LogP contribution in [0, 0.1) is 0 Å². The molecular weight excluding hydrogens is 194 g/mol. The van der Waals surface area contributed by atoms with Gasteiger partial charge in [-0.1, -0.05) is 13.0 Å². The lowest BCUT2D eigenvalue weighted by Gasteiger charge is -2.19. The number of rotatable bonds is 2. The van der Waals surface area contributed by atoms with E-state index in [1.54, 1.807) is 12.1 Å². The molecule has 0 saturated heterocycles. The molecular formula is C11H13NO3. The molecule has 1 aliphatic heterocycles. The van der Waals surface area contributed by atoms with E-state index in [9.17, 15) is 9.90 Å². The van der Waals surface area contributed by atoms with Crippen LogP contribution >= 0.6 is 0 Å². The van der Waals surface area contributed by atoms with Crippen LogP contribution in [0.15, 0.2) is 18.2 Å². The van der Waals surface area contributed by atoms with Crippen LogP contribution in [0.25, 0.3) is 0 Å². The average molecular weight is 207 g/mol. The van der Waals surface area contributed by atoms with Gasteiger partial charge in [0.15, 0.2) is 6.61 Å². The van der Waals surface area contributed by atoms with Crippen LogP contribution in [0.5, 0.6) is 5.75 Å². The predicted molar refractivity (Wildman–Crippen MR) is 55.8 cm³/mol. The summed E-state index contributed by atoms with van der Waals surface area (Å²) in [6.07, 6.45) is 0.155. The summed E-state index contributed by atoms with van der Waals surface area (Å²) in [5.41, 5.74) is 1.43. The Labute approximate surface area is 87.9 Å². The van der Waals surface area contributed by atoms with Crippen molar-refractivity contribution in [3.05, 3.63) is 23.8 Å². The van der Waals surface area contributed by atoms with E-state index in [-0.39, 0.29) is 12.5 Å². The zero-order valence-electron chi connectivity index (χ0n) is 8.49. The molecule has 0 unspecified atom stereocenters. The number of anilines is 1. The van der Waals surface area contributed by atoms with Crippen LogP contribution in [-0.4, -0.2) is 17.6 Å². The Morgan fingerprint density at radius 2 is 2.40 bits per heavy atom. The minimum Gasteiger partial charge on any atom is -0.482 e. The van der Waals surface area contributed by atoms with Gasteiger partial charge in [0.25, 0.3) is 5.91 Å². The first-order chi connectivity index (χ1) is 7.20. The van der Waals surface area contributed by atoms with Gasteiger partial charge in [0.2, 0.25) is 0 Å². The molecule has 0 radical (unpaired) electrons. The summed E-state index contributed by atoms with van der Waals surface area (Å²) in [7, 11) is 0. The molecule has 2 N–H and O–H groups in total. The lowest BCUT2D eigenvalue weighted by molar-refractivity contribution is -0.118. The van der Waals surface area contributed by atoms with E-state index >= 15 is 0 Å². The summed E-state index contributed by atoms with van der Waals surface area (Å²) in [5.74, 6) is 0.493. The highest BCUT2D eigenvalue weighted by Crippen LogP contribution is 2.31. The van der Waals surface area contributed by atoms with Gasteiger partial charge in [-0.3, -0.25) is 4.79 Å². The van der Waals surface area contributed by atoms with Gasteiger partial charge in [0.05, 0.1) is 11.8 Å². The van der Waals surface area contributed by atoms with Gasteiger partial charge in [0, 0.05) is 0 Å². The molecule has 4 heteroatoms. The largest absolute Gasteiger partial charge is 0.482 e. The third-order valence-corrected chi connectivity index (χ3v) is 2.41. The molecule has 1 heterocycles. The minimum absolute atomic E-state index is 0.0582. The number of hydrogen-bond donors (Lipinski definition) is 2. The zero-order valence-corrected chi connectivity index (χ0v) is 8.49. The Bertz CT molecular complexity index is 389. The van der Waals surface area contributed by atoms with Crippen molar-refractivity contribution in [2.45, 2.75) is 19.4 Å². The number of fused-ring (bicyclic) bond motifs is 1. The van der Waals surface area contributed by atoms with Gasteiger partial charge in [-0.05, 0) is 24.1 Å². The number of nitrogens with one attached hydrogen (secondary N) is 1. The monoisotopic (exact) mass is 207 g/mol. The number of ether oxygens (including phenoxy) is 1. The molecule has 0 saturated carbocycles. The zero-order chi connectivity index (χ0) is 10.8. The highest BCUT2D eigenvalue weighted by molar-refractivity contribution is 5.95. The highest BCUT2D eigenvalue weighted by Gasteiger charge is 2.17. The summed E-state index contributed by atoms with van der Waals surface area (Å²) >= 11 is 0. The van der Waals surface area contributed by atoms with E-state index < -0.39 is 6.10 Å². The summed E-state index contributed by atoms with van der Waals surface area (Å²) in [5, 5.41) is 12.3. The maximum absolute atomic E-state index is 11.1. The van der Waals surface area contributed by atoms with Gasteiger partial charge in [0.1, 0.15) is 5.75 Å². The van der Waals surface area contributed by atoms with Gasteiger partial charge in [-0.15, -0.1) is 0 Å². The molecule has 0 aromatic heterocycles. The smallest absolute Gasteiger partial charge is 0.262 e. The molecule has 1 aromatic carbocycles. The van der Waals surface area contributed by atoms with Crippen LogP contribution in [0.4, 0.5) is 5.69 Å². The summed E-state index contributed by atoms with van der Waals surface area (Å²) in [6.45, 7) is 1.96. The van der Waals surface area contributed by atoms with Crippen LogP contribution in [-0.2, 0) is 4.79 Å². The predicted octanol–water partition coefficient (Wildman–Crippen LogP) is 1.46. The minimum atomic E-state index is -0.492. The standard InChI is InChI=1S/C11H13NO3/c1-2-9(13)7-3-4-10-8(5-7)12-11(14)6-15-10/h3-5,9,13H,2,6H2,1H3,(H,12,14)/t9-/m0/s1. The third kappa shape index (κ3) is 1.94. The fourth-order valence-corrected chi connectivity index (χ4v) is 1.54. The van der Waals surface area contributed by atoms with Crippen LogP contribution in [0.2, 0.25) is 0 Å². The maximum atomic E-state index is 11.1. The molecule has 15 heavy (non-hydrogen) atoms. The van der Waals surface area contributed by atoms with Crippen LogP contribution < -0.4 is 10.1 Å². The fourth-order valence-electron chi connectivity index (χ4n) is 1.54. The molecule has 4 nitrogen and oxygen atoms in total. The lowest BCUT2D eigenvalue weighted by Crippen LogP contribution is -2.25. The average Bonchev–Trinajstić information content (AvgIpc) is 2.27. The maximum Gasteiger partial charge on any atom is 0.262 e. The number of benzene rings is 1. The number of aliphatic hydroxyl groups is 1. The van der Waals surface area contributed by atoms with Crippen molar-refractivity contribution in [2.75, 3.05) is 11.9 Å². The summed E-state index contributed by atoms with van der Waals surface area (Å²) in [4.78, 5) is 11.1. The molecule has 1 atom stereocenters. The molecule has 1 aromatic rings. The van der Waals surface area contributed by atoms with Gasteiger partial charge in [-0.25, -0.2) is 0 Å². The SMILES string of the molecule is CC[C@H](O)c1ccc2c(c1)NC(=O)CO2. The second kappa shape index (κ2) is 3.90. The first-order valence-corrected chi connectivity index (χ1v) is 4.95. The normalized spacial score (nSPS) is 16.3. The van der Waals surface area contributed by atoms with Gasteiger partial charge in [-0.2, -0.15) is 0 Å². The summed E-state index contributed by atoms with van der Waals surface area (Å²) < 4.78 is 5.21. The number of carbonyl (C=O) groups excluding carboxylic acids is 1. The highest BCUT2D eigenvalue weighted by atomic mass is 16.5. The molecule has 1 amide bonds. The first kappa shape index (κ1) is 9.98. The number of hydrogen-bond acceptors (Lipinski definition) is 3. The molecule has 1 aliphatic rings. The van der Waals surface area contributed by atoms with Crippen molar-refractivity contribution < 1.29 is 14.6 Å². The molecule has 2 rings (SSSR count). The number of amides is 1. The van der Waals surface area contributed by atoms with Crippen molar-refractivity contribution in [1.82, 2.24) is 0 Å². The Hall–Kier alpha value is -1.55. The van der Waals surface area contributed by atoms with Crippen LogP contribution in [0.3, 0.4) is 0 Å². The van der Waals surface area contributed by atoms with Crippen molar-refractivity contribution in [1.29, 1.82) is 0 Å². The van der Waals surface area contributed by atoms with Crippen molar-refractivity contribution in [3.63, 3.8) is 0 Å². The Morgan fingerprint density at radius 1 is 1.60 bits per heavy atom. The second-order valence-corrected chi connectivity index (χ2v) is 3.52. The third-order valence-electron chi connectivity index (χ3n) is 2.41. The summed E-state index contributed by atoms with van der Waals surface area (Å²) in [6, 6.07) is 5.33. The van der Waals surface area contributed by atoms with Crippen molar-refractivity contribution in [2.24, 2.45) is 0 Å². The Balaban J connectivity index is 2.32. The second-order valence-electron chi connectivity index (χ2n) is 3.52. The first-order valence-electron chi connectivity index (χ1n) is 4.95. The van der Waals surface area contributed by atoms with E-state index in [0.717, 1.165) is 5.56 Å². The Kier molecular flexibility index (Phi) is 2.60. The van der Waals surface area contributed by atoms with Crippen molar-refractivity contribution in [3.8, 4) is 5.75 Å². The van der Waals surface area contributed by atoms with Crippen LogP contribution in [0.1, 0.15) is 25.0 Å². The fraction of sp³-hybridized carbons (Fsp3) is 0.364. The molecule has 0 aliphatic carbocycles. The molecule has 0 spiro atoms. The van der Waals surface area contributed by atoms with Gasteiger partial charge < -0.3 is 15.2 Å². The number of aliphatic hydroxyl groups excluding tert-OH is 1. The van der Waals surface area contributed by atoms with Gasteiger partial charge >= 0.3 is 0 Å². The van der Waals surface area contributed by atoms with E-state index in [0.29, 0.717) is 17.9 Å². The molecule has 0 fully saturated rings. The van der Waals surface area contributed by atoms with E-state index in [2.05, 4.69) is 5.32 Å². The lowest BCUT2D eigenvalue weighted by atomic mass is 10.1. The van der Waals surface area contributed by atoms with E-state index in [1.807, 2.05) is 13.0 Å².